The summed E-state index contributed by atoms with van der Waals surface area (Å²) in [6.07, 6.45) is 6.82. The number of imide groups is 3. The summed E-state index contributed by atoms with van der Waals surface area (Å²) in [6, 6.07) is 17.9. The third kappa shape index (κ3) is 6.41. The van der Waals surface area contributed by atoms with Gasteiger partial charge < -0.3 is 20.7 Å². The van der Waals surface area contributed by atoms with Crippen LogP contribution < -0.4 is 26.2 Å². The lowest BCUT2D eigenvalue weighted by atomic mass is 9.85. The average Bonchev–Trinajstić information content (AvgIpc) is 3.97. The largest absolute Gasteiger partial charge is 0.382 e. The molecular formula is C43H39N7O8. The molecule has 2 unspecified atom stereocenters. The van der Waals surface area contributed by atoms with Crippen molar-refractivity contribution in [3.8, 4) is 0 Å². The number of hydrogen-bond acceptors (Lipinski definition) is 11. The summed E-state index contributed by atoms with van der Waals surface area (Å²) >= 11 is 0. The van der Waals surface area contributed by atoms with E-state index in [1.165, 1.54) is 4.90 Å². The quantitative estimate of drug-likeness (QED) is 0.0882. The predicted octanol–water partition coefficient (Wildman–Crippen LogP) is 3.42. The van der Waals surface area contributed by atoms with Crippen molar-refractivity contribution in [2.75, 3.05) is 41.8 Å². The molecule has 3 fully saturated rings. The first-order valence-electron chi connectivity index (χ1n) is 19.4. The Bertz CT molecular complexity index is 2420. The Morgan fingerprint density at radius 3 is 2.31 bits per heavy atom. The Hall–Kier alpha value is -6.58. The molecule has 1 saturated carbocycles. The number of aromatic nitrogens is 1. The number of para-hydroxylation sites is 1. The fourth-order valence-electron chi connectivity index (χ4n) is 8.99. The highest BCUT2D eigenvalue weighted by molar-refractivity contribution is 6.26. The van der Waals surface area contributed by atoms with Crippen molar-refractivity contribution < 1.29 is 38.3 Å². The average molecular weight is 782 g/mol. The number of ether oxygens (including phenoxy) is 1. The number of nitrogens with one attached hydrogen (secondary N) is 4. The third-order valence-corrected chi connectivity index (χ3v) is 11.7. The molecule has 15 heteroatoms. The fourth-order valence-corrected chi connectivity index (χ4v) is 8.99. The van der Waals surface area contributed by atoms with Crippen molar-refractivity contribution in [2.45, 2.75) is 31.8 Å². The first-order valence-corrected chi connectivity index (χ1v) is 19.4. The van der Waals surface area contributed by atoms with Crippen LogP contribution in [0.2, 0.25) is 0 Å². The van der Waals surface area contributed by atoms with Crippen molar-refractivity contribution in [3.63, 3.8) is 0 Å². The molecule has 7 amide bonds. The minimum atomic E-state index is -1.03. The first-order chi connectivity index (χ1) is 28.2. The Kier molecular flexibility index (Phi) is 9.61. The van der Waals surface area contributed by atoms with Gasteiger partial charge in [0.1, 0.15) is 6.04 Å². The van der Waals surface area contributed by atoms with Gasteiger partial charge in [-0.05, 0) is 78.8 Å². The minimum Gasteiger partial charge on any atom is -0.382 e. The highest BCUT2D eigenvalue weighted by Crippen LogP contribution is 2.53. The molecule has 3 aliphatic heterocycles. The molecule has 294 valence electrons. The molecule has 2 bridgehead atoms. The maximum Gasteiger partial charge on any atom is 0.264 e. The number of amides is 7. The Labute approximate surface area is 332 Å². The van der Waals surface area contributed by atoms with E-state index in [-0.39, 0.29) is 65.4 Å². The third-order valence-electron chi connectivity index (χ3n) is 11.7. The van der Waals surface area contributed by atoms with Gasteiger partial charge in [0.05, 0.1) is 53.1 Å². The second-order valence-electron chi connectivity index (χ2n) is 15.1. The summed E-state index contributed by atoms with van der Waals surface area (Å²) in [7, 11) is 0. The van der Waals surface area contributed by atoms with Gasteiger partial charge in [-0.3, -0.25) is 53.7 Å². The highest BCUT2D eigenvalue weighted by atomic mass is 16.5. The number of benzene rings is 3. The van der Waals surface area contributed by atoms with Crippen LogP contribution >= 0.6 is 0 Å². The number of pyridine rings is 1. The predicted molar refractivity (Wildman–Crippen MR) is 210 cm³/mol. The van der Waals surface area contributed by atoms with Crippen molar-refractivity contribution >= 4 is 69.3 Å². The SMILES string of the molecule is O=C1CCC(N2C(=O)c3cccc(NCCOCCNCc4ccnc5c(NC(=O)c6ccc(N7C(=O)[C@@H]8[C@H](C7=O)C7C=C[C@H]8C7)cc6)cccc45)c3C2=O)C(=O)N1. The van der Waals surface area contributed by atoms with E-state index in [1.807, 2.05) is 18.2 Å². The van der Waals surface area contributed by atoms with E-state index in [0.717, 1.165) is 22.3 Å². The minimum absolute atomic E-state index is 0.0505. The summed E-state index contributed by atoms with van der Waals surface area (Å²) < 4.78 is 5.80. The number of hydrogen-bond donors (Lipinski definition) is 4. The lowest BCUT2D eigenvalue weighted by molar-refractivity contribution is -0.136. The summed E-state index contributed by atoms with van der Waals surface area (Å²) in [4.78, 5) is 97.0. The Morgan fingerprint density at radius 2 is 1.55 bits per heavy atom. The lowest BCUT2D eigenvalue weighted by Crippen LogP contribution is -2.54. The van der Waals surface area contributed by atoms with Gasteiger partial charge in [-0.2, -0.15) is 0 Å². The summed E-state index contributed by atoms with van der Waals surface area (Å²) in [6.45, 7) is 2.14. The molecule has 1 aromatic heterocycles. The standard InChI is InChI=1S/C43H39N7O8/c51-33-14-13-32(39(53)48-33)50-40(54)29-4-2-5-30(36(29)43(50)57)45-18-20-58-19-17-44-22-26-15-16-46-37-28(26)3-1-6-31(37)47-38(52)23-9-11-27(12-10-23)49-41(55)34-24-7-8-25(21-24)35(34)42(49)56/h1-12,15-16,24-25,32,34-35,44-45H,13-14,17-22H2,(H,47,52)(H,48,51,53)/t24-,25?,32?,34-,35+/m0/s1. The van der Waals surface area contributed by atoms with Gasteiger partial charge in [0.15, 0.2) is 0 Å². The van der Waals surface area contributed by atoms with Crippen LogP contribution in [0.4, 0.5) is 17.1 Å². The van der Waals surface area contributed by atoms with Gasteiger partial charge in [0.25, 0.3) is 17.7 Å². The smallest absolute Gasteiger partial charge is 0.264 e. The van der Waals surface area contributed by atoms with E-state index >= 15 is 0 Å². The number of carbonyl (C=O) groups is 7. The van der Waals surface area contributed by atoms with Crippen LogP contribution in [-0.2, 0) is 30.5 Å². The number of anilines is 3. The van der Waals surface area contributed by atoms with Crippen molar-refractivity contribution in [2.24, 2.45) is 23.7 Å². The molecule has 5 aliphatic rings. The molecule has 5 atom stereocenters. The second kappa shape index (κ2) is 15.1. The maximum absolute atomic E-state index is 13.3. The van der Waals surface area contributed by atoms with Gasteiger partial charge >= 0.3 is 0 Å². The van der Waals surface area contributed by atoms with Crippen molar-refractivity contribution in [3.05, 3.63) is 107 Å². The fraction of sp³-hybridized carbons (Fsp3) is 0.302. The van der Waals surface area contributed by atoms with Crippen LogP contribution in [0, 0.1) is 23.7 Å². The van der Waals surface area contributed by atoms with Gasteiger partial charge in [-0.1, -0.05) is 30.4 Å². The zero-order chi connectivity index (χ0) is 40.1. The van der Waals surface area contributed by atoms with Crippen LogP contribution in [0.3, 0.4) is 0 Å². The monoisotopic (exact) mass is 781 g/mol. The molecule has 58 heavy (non-hydrogen) atoms. The molecule has 4 aromatic rings. The Morgan fingerprint density at radius 1 is 0.828 bits per heavy atom. The molecule has 0 spiro atoms. The first kappa shape index (κ1) is 37.0. The van der Waals surface area contributed by atoms with Crippen LogP contribution in [0.25, 0.3) is 10.9 Å². The van der Waals surface area contributed by atoms with Gasteiger partial charge in [0.2, 0.25) is 23.6 Å². The molecule has 9 rings (SSSR count). The van der Waals surface area contributed by atoms with Crippen LogP contribution in [0.15, 0.2) is 85.1 Å². The second-order valence-corrected chi connectivity index (χ2v) is 15.1. The number of rotatable bonds is 13. The molecule has 4 heterocycles. The molecule has 15 nitrogen and oxygen atoms in total. The molecule has 4 N–H and O–H groups in total. The van der Waals surface area contributed by atoms with Crippen LogP contribution in [0.5, 0.6) is 0 Å². The summed E-state index contributed by atoms with van der Waals surface area (Å²) in [5, 5.41) is 12.6. The van der Waals surface area contributed by atoms with Crippen LogP contribution in [-0.4, -0.2) is 83.6 Å². The molecule has 2 saturated heterocycles. The molecule has 2 aliphatic carbocycles. The zero-order valence-corrected chi connectivity index (χ0v) is 31.2. The number of allylic oxidation sites excluding steroid dienone is 2. The topological polar surface area (TPSA) is 196 Å². The van der Waals surface area contributed by atoms with E-state index in [1.54, 1.807) is 54.7 Å². The normalized spacial score (nSPS) is 23.2. The van der Waals surface area contributed by atoms with Crippen molar-refractivity contribution in [1.82, 2.24) is 20.5 Å². The van der Waals surface area contributed by atoms with Gasteiger partial charge in [0, 0.05) is 48.9 Å². The highest BCUT2D eigenvalue weighted by Gasteiger charge is 2.59. The zero-order valence-electron chi connectivity index (χ0n) is 31.2. The van der Waals surface area contributed by atoms with Gasteiger partial charge in [-0.25, -0.2) is 0 Å². The molecular weight excluding hydrogens is 743 g/mol. The summed E-state index contributed by atoms with van der Waals surface area (Å²) in [5.41, 5.74) is 3.86. The van der Waals surface area contributed by atoms with E-state index in [9.17, 15) is 33.6 Å². The molecule has 0 radical (unpaired) electrons. The number of piperidine rings is 1. The van der Waals surface area contributed by atoms with E-state index < -0.39 is 29.7 Å². The molecule has 3 aromatic carbocycles. The maximum atomic E-state index is 13.3. The lowest BCUT2D eigenvalue weighted by Gasteiger charge is -2.27. The number of carbonyl (C=O) groups excluding carboxylic acids is 7. The van der Waals surface area contributed by atoms with Crippen molar-refractivity contribution in [1.29, 1.82) is 0 Å². The van der Waals surface area contributed by atoms with E-state index in [4.69, 9.17) is 4.74 Å². The van der Waals surface area contributed by atoms with E-state index in [2.05, 4.69) is 38.4 Å². The Balaban J connectivity index is 0.749. The van der Waals surface area contributed by atoms with E-state index in [0.29, 0.717) is 61.0 Å². The van der Waals surface area contributed by atoms with Gasteiger partial charge in [-0.15, -0.1) is 0 Å². The van der Waals surface area contributed by atoms with Crippen LogP contribution in [0.1, 0.15) is 55.9 Å². The number of fused-ring (bicyclic) bond motifs is 7. The number of nitrogens with zero attached hydrogens (tertiary/aromatic N) is 3. The summed E-state index contributed by atoms with van der Waals surface area (Å²) in [5.74, 6) is -3.22.